The summed E-state index contributed by atoms with van der Waals surface area (Å²) in [5.74, 6) is 3.53. The van der Waals surface area contributed by atoms with Crippen molar-refractivity contribution in [2.24, 2.45) is 23.7 Å². The molecular weight excluding hydrogens is 162 g/mol. The van der Waals surface area contributed by atoms with E-state index in [2.05, 4.69) is 13.8 Å². The van der Waals surface area contributed by atoms with E-state index in [0.29, 0.717) is 0 Å². The molecule has 2 rings (SSSR count). The van der Waals surface area contributed by atoms with E-state index in [-0.39, 0.29) is 5.91 Å². The second-order valence-electron chi connectivity index (χ2n) is 4.92. The summed E-state index contributed by atoms with van der Waals surface area (Å²) in [6, 6.07) is 0. The van der Waals surface area contributed by atoms with Crippen molar-refractivity contribution in [3.8, 4) is 0 Å². The minimum Gasteiger partial charge on any atom is -0.342 e. The zero-order chi connectivity index (χ0) is 9.59. The van der Waals surface area contributed by atoms with Gasteiger partial charge in [0.2, 0.25) is 5.91 Å². The highest BCUT2D eigenvalue weighted by Gasteiger charge is 2.44. The first-order chi connectivity index (χ1) is 6.09. The molecule has 74 valence electrons. The highest BCUT2D eigenvalue weighted by Crippen LogP contribution is 2.45. The molecule has 4 atom stereocenters. The number of carbonyl (C=O) groups is 1. The van der Waals surface area contributed by atoms with Gasteiger partial charge in [-0.15, -0.1) is 0 Å². The van der Waals surface area contributed by atoms with E-state index < -0.39 is 0 Å². The van der Waals surface area contributed by atoms with Crippen molar-refractivity contribution in [1.82, 2.24) is 4.90 Å². The van der Waals surface area contributed by atoms with E-state index in [0.717, 1.165) is 36.8 Å². The number of likely N-dealkylation sites (tertiary alicyclic amines) is 1. The number of carbonyl (C=O) groups excluding carboxylic acids is 1. The molecule has 0 radical (unpaired) electrons. The largest absolute Gasteiger partial charge is 0.342 e. The molecule has 2 aliphatic rings. The average Bonchev–Trinajstić information content (AvgIpc) is 2.55. The quantitative estimate of drug-likeness (QED) is 0.557. The van der Waals surface area contributed by atoms with Gasteiger partial charge in [-0.25, -0.2) is 0 Å². The van der Waals surface area contributed by atoms with Crippen molar-refractivity contribution in [3.63, 3.8) is 0 Å². The van der Waals surface area contributed by atoms with Crippen LogP contribution in [0, 0.1) is 23.7 Å². The molecule has 0 aromatic heterocycles. The number of amides is 1. The molecule has 0 unspecified atom stereocenters. The maximum absolute atomic E-state index is 11.2. The zero-order valence-corrected chi connectivity index (χ0v) is 8.79. The molecule has 2 nitrogen and oxygen atoms in total. The molecule has 1 aliphatic heterocycles. The van der Waals surface area contributed by atoms with Crippen LogP contribution in [0.5, 0.6) is 0 Å². The number of hydrogen-bond donors (Lipinski definition) is 0. The van der Waals surface area contributed by atoms with Gasteiger partial charge >= 0.3 is 0 Å². The first-order valence-electron chi connectivity index (χ1n) is 5.35. The van der Waals surface area contributed by atoms with E-state index in [1.165, 1.54) is 6.42 Å². The van der Waals surface area contributed by atoms with Crippen LogP contribution in [0.15, 0.2) is 0 Å². The lowest BCUT2D eigenvalue weighted by Crippen LogP contribution is -2.28. The minimum atomic E-state index is 0.259. The van der Waals surface area contributed by atoms with E-state index in [1.807, 2.05) is 4.90 Å². The van der Waals surface area contributed by atoms with Crippen molar-refractivity contribution in [2.75, 3.05) is 13.1 Å². The Morgan fingerprint density at radius 3 is 2.54 bits per heavy atom. The Kier molecular flexibility index (Phi) is 2.09. The van der Waals surface area contributed by atoms with Gasteiger partial charge in [-0.2, -0.15) is 0 Å². The topological polar surface area (TPSA) is 20.3 Å². The molecule has 0 bridgehead atoms. The molecule has 2 fully saturated rings. The van der Waals surface area contributed by atoms with E-state index in [9.17, 15) is 4.79 Å². The lowest BCUT2D eigenvalue weighted by Gasteiger charge is -2.19. The Hall–Kier alpha value is -0.530. The zero-order valence-electron chi connectivity index (χ0n) is 8.79. The van der Waals surface area contributed by atoms with Crippen LogP contribution in [0.1, 0.15) is 27.2 Å². The fourth-order valence-corrected chi connectivity index (χ4v) is 3.11. The smallest absolute Gasteiger partial charge is 0.219 e. The molecule has 0 N–H and O–H groups in total. The fourth-order valence-electron chi connectivity index (χ4n) is 3.11. The summed E-state index contributed by atoms with van der Waals surface area (Å²) in [6.45, 7) is 8.43. The van der Waals surface area contributed by atoms with Gasteiger partial charge in [-0.05, 0) is 30.1 Å². The molecule has 1 aliphatic carbocycles. The van der Waals surface area contributed by atoms with E-state index >= 15 is 0 Å². The summed E-state index contributed by atoms with van der Waals surface area (Å²) in [7, 11) is 0. The predicted molar refractivity (Wildman–Crippen MR) is 52.2 cm³/mol. The fraction of sp³-hybridized carbons (Fsp3) is 0.909. The third-order valence-corrected chi connectivity index (χ3v) is 4.18. The number of rotatable bonds is 0. The summed E-state index contributed by atoms with van der Waals surface area (Å²) in [6.07, 6.45) is 1.33. The highest BCUT2D eigenvalue weighted by molar-refractivity contribution is 5.73. The van der Waals surface area contributed by atoms with E-state index in [4.69, 9.17) is 0 Å². The molecule has 1 heterocycles. The van der Waals surface area contributed by atoms with Crippen LogP contribution in [0.25, 0.3) is 0 Å². The summed E-state index contributed by atoms with van der Waals surface area (Å²) in [4.78, 5) is 13.2. The summed E-state index contributed by atoms with van der Waals surface area (Å²) in [5.41, 5.74) is 0. The Labute approximate surface area is 80.3 Å². The predicted octanol–water partition coefficient (Wildman–Crippen LogP) is 1.76. The molecular formula is C11H19NO. The van der Waals surface area contributed by atoms with Crippen LogP contribution in [0.2, 0.25) is 0 Å². The second kappa shape index (κ2) is 3.00. The standard InChI is InChI=1S/C11H19NO/c1-7-4-10-5-12(9(3)13)6-11(10)8(7)2/h7-8,10-11H,4-6H2,1-3H3/t7-,8+,10-,11-/m1/s1. The molecule has 1 saturated carbocycles. The normalized spacial score (nSPS) is 43.8. The third kappa shape index (κ3) is 1.36. The van der Waals surface area contributed by atoms with Gasteiger partial charge in [0.25, 0.3) is 0 Å². The molecule has 13 heavy (non-hydrogen) atoms. The summed E-state index contributed by atoms with van der Waals surface area (Å²) >= 11 is 0. The Morgan fingerprint density at radius 1 is 1.31 bits per heavy atom. The Morgan fingerprint density at radius 2 is 2.00 bits per heavy atom. The van der Waals surface area contributed by atoms with Crippen molar-refractivity contribution in [2.45, 2.75) is 27.2 Å². The molecule has 0 spiro atoms. The van der Waals surface area contributed by atoms with Crippen LogP contribution in [-0.2, 0) is 4.79 Å². The van der Waals surface area contributed by atoms with E-state index in [1.54, 1.807) is 6.92 Å². The van der Waals surface area contributed by atoms with Crippen molar-refractivity contribution in [3.05, 3.63) is 0 Å². The highest BCUT2D eigenvalue weighted by atomic mass is 16.2. The first kappa shape index (κ1) is 9.04. The average molecular weight is 181 g/mol. The Bertz CT molecular complexity index is 226. The van der Waals surface area contributed by atoms with Crippen molar-refractivity contribution < 1.29 is 4.79 Å². The maximum atomic E-state index is 11.2. The van der Waals surface area contributed by atoms with Gasteiger partial charge in [-0.3, -0.25) is 4.79 Å². The van der Waals surface area contributed by atoms with Crippen molar-refractivity contribution in [1.29, 1.82) is 0 Å². The lowest BCUT2D eigenvalue weighted by molar-refractivity contribution is -0.128. The first-order valence-corrected chi connectivity index (χ1v) is 5.35. The summed E-state index contributed by atoms with van der Waals surface area (Å²) < 4.78 is 0. The third-order valence-electron chi connectivity index (χ3n) is 4.18. The van der Waals surface area contributed by atoms with Gasteiger partial charge in [0.05, 0.1) is 0 Å². The van der Waals surface area contributed by atoms with Gasteiger partial charge < -0.3 is 4.90 Å². The lowest BCUT2D eigenvalue weighted by atomic mass is 9.91. The van der Waals surface area contributed by atoms with Gasteiger partial charge in [0.15, 0.2) is 0 Å². The van der Waals surface area contributed by atoms with Crippen molar-refractivity contribution >= 4 is 5.91 Å². The van der Waals surface area contributed by atoms with Crippen LogP contribution in [0.3, 0.4) is 0 Å². The Balaban J connectivity index is 2.04. The second-order valence-corrected chi connectivity index (χ2v) is 4.92. The van der Waals surface area contributed by atoms with Crippen LogP contribution in [0.4, 0.5) is 0 Å². The van der Waals surface area contributed by atoms with Gasteiger partial charge in [0.1, 0.15) is 0 Å². The SMILES string of the molecule is CC(=O)N1C[C@H]2C[C@@H](C)[C@H](C)[C@H]2C1. The monoisotopic (exact) mass is 181 g/mol. The minimum absolute atomic E-state index is 0.259. The van der Waals surface area contributed by atoms with Crippen LogP contribution >= 0.6 is 0 Å². The number of fused-ring (bicyclic) bond motifs is 1. The van der Waals surface area contributed by atoms with Gasteiger partial charge in [0, 0.05) is 20.0 Å². The molecule has 1 saturated heterocycles. The molecule has 2 heteroatoms. The maximum Gasteiger partial charge on any atom is 0.219 e. The summed E-state index contributed by atoms with van der Waals surface area (Å²) in [5, 5.41) is 0. The van der Waals surface area contributed by atoms with Gasteiger partial charge in [-0.1, -0.05) is 13.8 Å². The van der Waals surface area contributed by atoms with Crippen LogP contribution < -0.4 is 0 Å². The molecule has 0 aromatic carbocycles. The van der Waals surface area contributed by atoms with Crippen LogP contribution in [-0.4, -0.2) is 23.9 Å². The number of hydrogen-bond acceptors (Lipinski definition) is 1. The molecule has 1 amide bonds. The number of nitrogens with zero attached hydrogens (tertiary/aromatic N) is 1. The molecule has 0 aromatic rings.